The van der Waals surface area contributed by atoms with Crippen molar-refractivity contribution in [2.24, 2.45) is 5.73 Å². The van der Waals surface area contributed by atoms with Crippen molar-refractivity contribution in [3.8, 4) is 0 Å². The molecule has 2 aliphatic carbocycles. The second-order valence-electron chi connectivity index (χ2n) is 9.40. The zero-order chi connectivity index (χ0) is 25.3. The average Bonchev–Trinajstić information content (AvgIpc) is 3.30. The van der Waals surface area contributed by atoms with E-state index in [1.165, 1.54) is 6.42 Å². The van der Waals surface area contributed by atoms with E-state index in [0.717, 1.165) is 50.3 Å². The summed E-state index contributed by atoms with van der Waals surface area (Å²) in [4.78, 5) is 36.3. The summed E-state index contributed by atoms with van der Waals surface area (Å²) in [6, 6.07) is 9.15. The van der Waals surface area contributed by atoms with Gasteiger partial charge in [0.05, 0.1) is 13.2 Å². The molecule has 8 nitrogen and oxygen atoms in total. The molecule has 0 aliphatic heterocycles. The van der Waals surface area contributed by atoms with Crippen molar-refractivity contribution in [3.05, 3.63) is 36.1 Å². The Bertz CT molecular complexity index is 976. The number of furan rings is 1. The third-order valence-electron chi connectivity index (χ3n) is 6.80. The molecule has 2 fully saturated rings. The van der Waals surface area contributed by atoms with Gasteiger partial charge in [0, 0.05) is 5.39 Å². The van der Waals surface area contributed by atoms with Crippen LogP contribution in [0.15, 0.2) is 34.7 Å². The summed E-state index contributed by atoms with van der Waals surface area (Å²) in [6.45, 7) is 4.32. The Labute approximate surface area is 219 Å². The number of para-hydroxylation sites is 1. The van der Waals surface area contributed by atoms with E-state index >= 15 is 0 Å². The summed E-state index contributed by atoms with van der Waals surface area (Å²) >= 11 is 0. The molecule has 1 heterocycles. The van der Waals surface area contributed by atoms with Gasteiger partial charge in [-0.3, -0.25) is 9.59 Å². The van der Waals surface area contributed by atoms with E-state index in [4.69, 9.17) is 19.6 Å². The number of fused-ring (bicyclic) bond motifs is 1. The van der Waals surface area contributed by atoms with Crippen LogP contribution in [0, 0.1) is 0 Å². The largest absolute Gasteiger partial charge is 0.465 e. The van der Waals surface area contributed by atoms with Gasteiger partial charge in [-0.2, -0.15) is 0 Å². The predicted molar refractivity (Wildman–Crippen MR) is 140 cm³/mol. The SMILES string of the molecule is CCOC(=O)C1(N)CCCCC1.CCOC(=O)C1(NC(=O)c2cc3ccccc3o2)CCCCC1.Cl. The smallest absolute Gasteiger partial charge is 0.331 e. The van der Waals surface area contributed by atoms with E-state index in [1.807, 2.05) is 31.2 Å². The number of esters is 2. The van der Waals surface area contributed by atoms with Gasteiger partial charge >= 0.3 is 11.9 Å². The summed E-state index contributed by atoms with van der Waals surface area (Å²) in [5, 5.41) is 3.75. The maximum atomic E-state index is 12.6. The standard InChI is InChI=1S/C18H21NO4.C9H17NO2.ClH/c1-2-22-17(21)18(10-6-3-7-11-18)19-16(20)15-12-13-8-4-5-9-14(13)23-15;1-2-12-8(11)9(10)6-4-3-5-7-9;/h4-5,8-9,12H,2-3,6-7,10-11H2,1H3,(H,19,20);2-7,10H2,1H3;1H. The van der Waals surface area contributed by atoms with Crippen LogP contribution in [-0.4, -0.2) is 42.1 Å². The Kier molecular flexibility index (Phi) is 11.2. The summed E-state index contributed by atoms with van der Waals surface area (Å²) in [5.74, 6) is -0.703. The predicted octanol–water partition coefficient (Wildman–Crippen LogP) is 5.06. The quantitative estimate of drug-likeness (QED) is 0.508. The third kappa shape index (κ3) is 7.23. The number of carbonyl (C=O) groups is 3. The Morgan fingerprint density at radius 3 is 2.03 bits per heavy atom. The molecule has 1 aromatic heterocycles. The first-order valence-electron chi connectivity index (χ1n) is 12.8. The van der Waals surface area contributed by atoms with Crippen molar-refractivity contribution in [1.82, 2.24) is 5.32 Å². The Hall–Kier alpha value is -2.58. The minimum atomic E-state index is -0.926. The molecule has 0 spiro atoms. The molecule has 0 radical (unpaired) electrons. The van der Waals surface area contributed by atoms with Crippen molar-refractivity contribution in [2.75, 3.05) is 13.2 Å². The van der Waals surface area contributed by atoms with E-state index in [0.29, 0.717) is 31.6 Å². The van der Waals surface area contributed by atoms with Gasteiger partial charge in [-0.1, -0.05) is 56.7 Å². The molecule has 2 aromatic rings. The second kappa shape index (κ2) is 13.7. The fourth-order valence-electron chi connectivity index (χ4n) is 4.84. The van der Waals surface area contributed by atoms with Gasteiger partial charge in [0.2, 0.25) is 0 Å². The zero-order valence-corrected chi connectivity index (χ0v) is 22.1. The Morgan fingerprint density at radius 1 is 0.889 bits per heavy atom. The fraction of sp³-hybridized carbons (Fsp3) is 0.593. The first-order chi connectivity index (χ1) is 16.8. The Balaban J connectivity index is 0.000000299. The van der Waals surface area contributed by atoms with Gasteiger partial charge in [-0.25, -0.2) is 4.79 Å². The maximum Gasteiger partial charge on any atom is 0.331 e. The monoisotopic (exact) mass is 522 g/mol. The molecular weight excluding hydrogens is 484 g/mol. The first kappa shape index (κ1) is 29.6. The number of amides is 1. The molecule has 1 amide bonds. The number of hydrogen-bond donors (Lipinski definition) is 2. The van der Waals surface area contributed by atoms with Crippen LogP contribution in [0.2, 0.25) is 0 Å². The summed E-state index contributed by atoms with van der Waals surface area (Å²) < 4.78 is 15.7. The molecule has 0 saturated heterocycles. The van der Waals surface area contributed by atoms with Crippen LogP contribution in [0.5, 0.6) is 0 Å². The van der Waals surface area contributed by atoms with Gasteiger partial charge in [-0.15, -0.1) is 12.4 Å². The summed E-state index contributed by atoms with van der Waals surface area (Å²) in [6.07, 6.45) is 8.95. The van der Waals surface area contributed by atoms with E-state index in [9.17, 15) is 14.4 Å². The highest BCUT2D eigenvalue weighted by molar-refractivity contribution is 5.99. The molecule has 0 bridgehead atoms. The van der Waals surface area contributed by atoms with E-state index in [-0.39, 0.29) is 36.0 Å². The van der Waals surface area contributed by atoms with Gasteiger partial charge in [0.1, 0.15) is 16.7 Å². The number of benzene rings is 1. The lowest BCUT2D eigenvalue weighted by Gasteiger charge is -2.35. The highest BCUT2D eigenvalue weighted by Gasteiger charge is 2.43. The Morgan fingerprint density at radius 2 is 1.44 bits per heavy atom. The highest BCUT2D eigenvalue weighted by Crippen LogP contribution is 2.30. The number of halogens is 1. The van der Waals surface area contributed by atoms with Crippen LogP contribution in [0.3, 0.4) is 0 Å². The number of rotatable bonds is 6. The lowest BCUT2D eigenvalue weighted by atomic mass is 9.81. The molecule has 1 aromatic carbocycles. The van der Waals surface area contributed by atoms with Crippen LogP contribution in [0.25, 0.3) is 11.0 Å². The number of nitrogens with one attached hydrogen (secondary N) is 1. The molecule has 4 rings (SSSR count). The fourth-order valence-corrected chi connectivity index (χ4v) is 4.84. The molecule has 200 valence electrons. The van der Waals surface area contributed by atoms with Gasteiger partial charge < -0.3 is 24.9 Å². The van der Waals surface area contributed by atoms with E-state index in [2.05, 4.69) is 5.32 Å². The van der Waals surface area contributed by atoms with Crippen LogP contribution in [-0.2, 0) is 19.1 Å². The van der Waals surface area contributed by atoms with Crippen LogP contribution in [0.4, 0.5) is 0 Å². The van der Waals surface area contributed by atoms with Crippen molar-refractivity contribution in [2.45, 2.75) is 89.1 Å². The van der Waals surface area contributed by atoms with E-state index < -0.39 is 11.1 Å². The van der Waals surface area contributed by atoms with Crippen LogP contribution < -0.4 is 11.1 Å². The molecule has 2 aliphatic rings. The number of carbonyl (C=O) groups excluding carboxylic acids is 3. The minimum Gasteiger partial charge on any atom is -0.465 e. The van der Waals surface area contributed by atoms with Crippen molar-refractivity contribution in [3.63, 3.8) is 0 Å². The normalized spacial score (nSPS) is 18.1. The maximum absolute atomic E-state index is 12.6. The molecular formula is C27H39ClN2O6. The molecule has 0 atom stereocenters. The lowest BCUT2D eigenvalue weighted by molar-refractivity contribution is -0.152. The molecule has 0 unspecified atom stereocenters. The zero-order valence-electron chi connectivity index (χ0n) is 21.3. The first-order valence-corrected chi connectivity index (χ1v) is 12.8. The van der Waals surface area contributed by atoms with Crippen molar-refractivity contribution < 1.29 is 28.3 Å². The van der Waals surface area contributed by atoms with E-state index in [1.54, 1.807) is 13.0 Å². The number of ether oxygens (including phenoxy) is 2. The molecule has 2 saturated carbocycles. The van der Waals surface area contributed by atoms with Gasteiger partial charge in [-0.05, 0) is 51.7 Å². The van der Waals surface area contributed by atoms with Crippen LogP contribution in [0.1, 0.15) is 88.6 Å². The third-order valence-corrected chi connectivity index (χ3v) is 6.80. The van der Waals surface area contributed by atoms with Crippen molar-refractivity contribution in [1.29, 1.82) is 0 Å². The van der Waals surface area contributed by atoms with Gasteiger partial charge in [0.25, 0.3) is 5.91 Å². The molecule has 3 N–H and O–H groups in total. The lowest BCUT2D eigenvalue weighted by Crippen LogP contribution is -2.56. The summed E-state index contributed by atoms with van der Waals surface area (Å²) in [7, 11) is 0. The summed E-state index contributed by atoms with van der Waals surface area (Å²) in [5.41, 5.74) is 4.97. The highest BCUT2D eigenvalue weighted by atomic mass is 35.5. The second-order valence-corrected chi connectivity index (χ2v) is 9.40. The van der Waals surface area contributed by atoms with Gasteiger partial charge in [0.15, 0.2) is 5.76 Å². The number of nitrogens with two attached hydrogens (primary N) is 1. The molecule has 36 heavy (non-hydrogen) atoms. The topological polar surface area (TPSA) is 121 Å². The van der Waals surface area contributed by atoms with Crippen molar-refractivity contribution >= 4 is 41.2 Å². The molecule has 9 heteroatoms. The average molecular weight is 523 g/mol. The minimum absolute atomic E-state index is 0. The van der Waals surface area contributed by atoms with Crippen LogP contribution >= 0.6 is 12.4 Å². The number of hydrogen-bond acceptors (Lipinski definition) is 7.